The Morgan fingerprint density at radius 2 is 1.46 bits per heavy atom. The standard InChI is InChI=1S/C21H24N2O/c24-21-11-12-23(14-18-9-5-2-6-10-18)20-16-22(15-19(20)21)13-17-7-3-1-4-8-17/h1-10,19-20H,11-16H2. The van der Waals surface area contributed by atoms with Crippen molar-refractivity contribution in [1.82, 2.24) is 9.80 Å². The highest BCUT2D eigenvalue weighted by Gasteiger charge is 2.43. The van der Waals surface area contributed by atoms with Crippen LogP contribution in [0.5, 0.6) is 0 Å². The van der Waals surface area contributed by atoms with Gasteiger partial charge in [0.2, 0.25) is 0 Å². The maximum atomic E-state index is 12.4. The number of fused-ring (bicyclic) bond motifs is 1. The van der Waals surface area contributed by atoms with Gasteiger partial charge in [-0.05, 0) is 11.1 Å². The van der Waals surface area contributed by atoms with Crippen LogP contribution in [0.2, 0.25) is 0 Å². The van der Waals surface area contributed by atoms with Gasteiger partial charge < -0.3 is 0 Å². The topological polar surface area (TPSA) is 23.6 Å². The van der Waals surface area contributed by atoms with Crippen LogP contribution in [-0.4, -0.2) is 41.3 Å². The largest absolute Gasteiger partial charge is 0.299 e. The van der Waals surface area contributed by atoms with Crippen molar-refractivity contribution in [3.63, 3.8) is 0 Å². The monoisotopic (exact) mass is 320 g/mol. The van der Waals surface area contributed by atoms with Crippen LogP contribution in [-0.2, 0) is 17.9 Å². The molecule has 4 rings (SSSR count). The summed E-state index contributed by atoms with van der Waals surface area (Å²) in [7, 11) is 0. The molecule has 0 bridgehead atoms. The van der Waals surface area contributed by atoms with Gasteiger partial charge in [0.15, 0.2) is 0 Å². The fraction of sp³-hybridized carbons (Fsp3) is 0.381. The van der Waals surface area contributed by atoms with E-state index in [4.69, 9.17) is 0 Å². The molecule has 2 aliphatic heterocycles. The molecule has 0 amide bonds. The van der Waals surface area contributed by atoms with Gasteiger partial charge in [0.05, 0.1) is 0 Å². The number of hydrogen-bond acceptors (Lipinski definition) is 3. The third-order valence-electron chi connectivity index (χ3n) is 5.37. The normalized spacial score (nSPS) is 24.9. The lowest BCUT2D eigenvalue weighted by Crippen LogP contribution is -2.48. The molecule has 0 saturated carbocycles. The van der Waals surface area contributed by atoms with E-state index in [1.54, 1.807) is 0 Å². The fourth-order valence-electron chi connectivity index (χ4n) is 4.14. The zero-order valence-electron chi connectivity index (χ0n) is 14.0. The van der Waals surface area contributed by atoms with E-state index in [9.17, 15) is 4.79 Å². The number of ketones is 1. The molecule has 124 valence electrons. The van der Waals surface area contributed by atoms with Crippen LogP contribution < -0.4 is 0 Å². The molecule has 2 atom stereocenters. The second-order valence-corrected chi connectivity index (χ2v) is 7.03. The van der Waals surface area contributed by atoms with Crippen molar-refractivity contribution in [3.8, 4) is 0 Å². The van der Waals surface area contributed by atoms with Gasteiger partial charge in [0, 0.05) is 51.1 Å². The van der Waals surface area contributed by atoms with Crippen LogP contribution in [0.15, 0.2) is 60.7 Å². The lowest BCUT2D eigenvalue weighted by atomic mass is 9.90. The Hall–Kier alpha value is -1.97. The van der Waals surface area contributed by atoms with E-state index in [0.717, 1.165) is 32.7 Å². The number of benzene rings is 2. The molecule has 2 unspecified atom stereocenters. The number of likely N-dealkylation sites (tertiary alicyclic amines) is 2. The van der Waals surface area contributed by atoms with Crippen molar-refractivity contribution in [2.75, 3.05) is 19.6 Å². The molecular formula is C21H24N2O. The van der Waals surface area contributed by atoms with Crippen molar-refractivity contribution >= 4 is 5.78 Å². The minimum Gasteiger partial charge on any atom is -0.299 e. The number of nitrogens with zero attached hydrogens (tertiary/aromatic N) is 2. The lowest BCUT2D eigenvalue weighted by Gasteiger charge is -2.36. The van der Waals surface area contributed by atoms with Gasteiger partial charge in [0.1, 0.15) is 5.78 Å². The quantitative estimate of drug-likeness (QED) is 0.865. The van der Waals surface area contributed by atoms with Gasteiger partial charge in [-0.25, -0.2) is 0 Å². The maximum Gasteiger partial charge on any atom is 0.140 e. The third kappa shape index (κ3) is 3.28. The molecule has 2 aliphatic rings. The maximum absolute atomic E-state index is 12.4. The van der Waals surface area contributed by atoms with Crippen molar-refractivity contribution in [3.05, 3.63) is 71.8 Å². The Kier molecular flexibility index (Phi) is 4.46. The van der Waals surface area contributed by atoms with Crippen molar-refractivity contribution in [2.24, 2.45) is 5.92 Å². The van der Waals surface area contributed by atoms with Crippen LogP contribution in [0.3, 0.4) is 0 Å². The Morgan fingerprint density at radius 3 is 2.12 bits per heavy atom. The molecule has 0 N–H and O–H groups in total. The van der Waals surface area contributed by atoms with Gasteiger partial charge in [-0.1, -0.05) is 60.7 Å². The van der Waals surface area contributed by atoms with Gasteiger partial charge >= 0.3 is 0 Å². The molecule has 2 aromatic carbocycles. The Balaban J connectivity index is 1.46. The van der Waals surface area contributed by atoms with Crippen LogP contribution in [0.1, 0.15) is 17.5 Å². The summed E-state index contributed by atoms with van der Waals surface area (Å²) in [6, 6.07) is 21.6. The van der Waals surface area contributed by atoms with E-state index < -0.39 is 0 Å². The highest BCUT2D eigenvalue weighted by molar-refractivity contribution is 5.83. The van der Waals surface area contributed by atoms with E-state index in [-0.39, 0.29) is 5.92 Å². The molecule has 3 heteroatoms. The molecule has 0 radical (unpaired) electrons. The van der Waals surface area contributed by atoms with Gasteiger partial charge in [-0.3, -0.25) is 14.6 Å². The Bertz CT molecular complexity index is 685. The van der Waals surface area contributed by atoms with E-state index in [2.05, 4.69) is 70.5 Å². The zero-order chi connectivity index (χ0) is 16.4. The number of carbonyl (C=O) groups excluding carboxylic acids is 1. The minimum atomic E-state index is 0.186. The molecule has 24 heavy (non-hydrogen) atoms. The van der Waals surface area contributed by atoms with E-state index >= 15 is 0 Å². The minimum absolute atomic E-state index is 0.186. The van der Waals surface area contributed by atoms with Crippen LogP contribution >= 0.6 is 0 Å². The molecule has 0 spiro atoms. The van der Waals surface area contributed by atoms with Crippen molar-refractivity contribution < 1.29 is 4.79 Å². The number of hydrogen-bond donors (Lipinski definition) is 0. The Labute approximate surface area is 143 Å². The molecule has 2 saturated heterocycles. The van der Waals surface area contributed by atoms with Gasteiger partial charge in [-0.2, -0.15) is 0 Å². The number of Topliss-reactive ketones (excluding diaryl/α,β-unsaturated/α-hetero) is 1. The predicted octanol–water partition coefficient (Wildman–Crippen LogP) is 2.96. The highest BCUT2D eigenvalue weighted by atomic mass is 16.1. The summed E-state index contributed by atoms with van der Waals surface area (Å²) >= 11 is 0. The molecular weight excluding hydrogens is 296 g/mol. The molecule has 2 aromatic rings. The first kappa shape index (κ1) is 15.6. The van der Waals surface area contributed by atoms with E-state index in [1.807, 2.05) is 0 Å². The van der Waals surface area contributed by atoms with E-state index in [1.165, 1.54) is 11.1 Å². The summed E-state index contributed by atoms with van der Waals surface area (Å²) in [5, 5.41) is 0. The highest BCUT2D eigenvalue weighted by Crippen LogP contribution is 2.30. The second-order valence-electron chi connectivity index (χ2n) is 7.03. The fourth-order valence-corrected chi connectivity index (χ4v) is 4.14. The first-order valence-corrected chi connectivity index (χ1v) is 8.86. The van der Waals surface area contributed by atoms with Crippen LogP contribution in [0.4, 0.5) is 0 Å². The van der Waals surface area contributed by atoms with Crippen molar-refractivity contribution in [2.45, 2.75) is 25.6 Å². The smallest absolute Gasteiger partial charge is 0.140 e. The van der Waals surface area contributed by atoms with Gasteiger partial charge in [-0.15, -0.1) is 0 Å². The summed E-state index contributed by atoms with van der Waals surface area (Å²) in [6.45, 7) is 4.70. The number of carbonyl (C=O) groups is 1. The number of piperidine rings is 1. The summed E-state index contributed by atoms with van der Waals surface area (Å²) in [5.41, 5.74) is 2.67. The summed E-state index contributed by atoms with van der Waals surface area (Å²) in [4.78, 5) is 17.4. The van der Waals surface area contributed by atoms with E-state index in [0.29, 0.717) is 18.2 Å². The molecule has 2 fully saturated rings. The average molecular weight is 320 g/mol. The van der Waals surface area contributed by atoms with Crippen LogP contribution in [0.25, 0.3) is 0 Å². The average Bonchev–Trinajstić information content (AvgIpc) is 3.04. The zero-order valence-corrected chi connectivity index (χ0v) is 14.0. The van der Waals surface area contributed by atoms with Gasteiger partial charge in [0.25, 0.3) is 0 Å². The molecule has 0 aliphatic carbocycles. The number of rotatable bonds is 4. The summed E-state index contributed by atoms with van der Waals surface area (Å²) in [5.74, 6) is 0.644. The van der Waals surface area contributed by atoms with Crippen molar-refractivity contribution in [1.29, 1.82) is 0 Å². The SMILES string of the molecule is O=C1CCN(Cc2ccccc2)C2CN(Cc3ccccc3)CC12. The lowest BCUT2D eigenvalue weighted by molar-refractivity contribution is -0.127. The third-order valence-corrected chi connectivity index (χ3v) is 5.37. The summed E-state index contributed by atoms with van der Waals surface area (Å²) in [6.07, 6.45) is 0.702. The molecule has 3 nitrogen and oxygen atoms in total. The Morgan fingerprint density at radius 1 is 0.833 bits per heavy atom. The van der Waals surface area contributed by atoms with Crippen LogP contribution in [0, 0.1) is 5.92 Å². The first-order valence-electron chi connectivity index (χ1n) is 8.86. The predicted molar refractivity (Wildman–Crippen MR) is 95.5 cm³/mol. The first-order chi connectivity index (χ1) is 11.8. The molecule has 2 heterocycles. The molecule has 0 aromatic heterocycles. The summed E-state index contributed by atoms with van der Waals surface area (Å²) < 4.78 is 0. The second kappa shape index (κ2) is 6.88.